The summed E-state index contributed by atoms with van der Waals surface area (Å²) in [7, 11) is 0. The van der Waals surface area contributed by atoms with Gasteiger partial charge in [0.15, 0.2) is 5.82 Å². The van der Waals surface area contributed by atoms with E-state index in [9.17, 15) is 24.3 Å². The highest BCUT2D eigenvalue weighted by Gasteiger charge is 2.24. The van der Waals surface area contributed by atoms with Gasteiger partial charge in [-0.25, -0.2) is 9.59 Å². The van der Waals surface area contributed by atoms with Crippen molar-refractivity contribution in [1.82, 2.24) is 19.6 Å². The molecule has 0 radical (unpaired) electrons. The molecule has 0 aliphatic rings. The minimum Gasteiger partial charge on any atom is -0.477 e. The number of ether oxygens (including phenoxy) is 1. The van der Waals surface area contributed by atoms with Gasteiger partial charge >= 0.3 is 12.1 Å². The number of aromatic nitrogens is 4. The van der Waals surface area contributed by atoms with E-state index < -0.39 is 23.9 Å². The van der Waals surface area contributed by atoms with Crippen LogP contribution in [0.4, 0.5) is 16.3 Å². The van der Waals surface area contributed by atoms with Crippen molar-refractivity contribution in [3.05, 3.63) is 58.2 Å². The van der Waals surface area contributed by atoms with Gasteiger partial charge in [-0.2, -0.15) is 9.78 Å². The topological polar surface area (TPSA) is 157 Å². The van der Waals surface area contributed by atoms with E-state index in [1.165, 1.54) is 12.1 Å². The van der Waals surface area contributed by atoms with Crippen molar-refractivity contribution >= 4 is 56.9 Å². The molecule has 3 aromatic heterocycles. The predicted octanol–water partition coefficient (Wildman–Crippen LogP) is 3.83. The van der Waals surface area contributed by atoms with E-state index in [4.69, 9.17) is 4.74 Å². The summed E-state index contributed by atoms with van der Waals surface area (Å²) >= 11 is 0.828. The average molecular weight is 511 g/mol. The number of hydrogen-bond donors (Lipinski definition) is 3. The molecular weight excluding hydrogens is 488 g/mol. The number of nitrogens with one attached hydrogen (secondary N) is 2. The summed E-state index contributed by atoms with van der Waals surface area (Å²) in [5.41, 5.74) is 1.42. The zero-order chi connectivity index (χ0) is 26.0. The quantitative estimate of drug-likeness (QED) is 0.338. The van der Waals surface area contributed by atoms with Crippen molar-refractivity contribution in [2.45, 2.75) is 27.3 Å². The van der Waals surface area contributed by atoms with Crippen LogP contribution in [0, 0.1) is 6.92 Å². The lowest BCUT2D eigenvalue weighted by Crippen LogP contribution is -2.21. The summed E-state index contributed by atoms with van der Waals surface area (Å²) in [5.74, 6) is -2.26. The number of nitrogens with zero attached hydrogens (tertiary/aromatic N) is 4. The van der Waals surface area contributed by atoms with Crippen LogP contribution >= 0.6 is 11.3 Å². The Morgan fingerprint density at radius 1 is 1.06 bits per heavy atom. The third-order valence-electron chi connectivity index (χ3n) is 5.10. The number of carboxylic acids is 1. The molecule has 0 atom stereocenters. The number of carboxylic acid groups (broad SMARTS) is 1. The maximum Gasteiger partial charge on any atom is 0.436 e. The second-order valence-corrected chi connectivity index (χ2v) is 8.57. The Morgan fingerprint density at radius 2 is 1.81 bits per heavy atom. The molecule has 0 saturated carbocycles. The molecule has 0 aliphatic heterocycles. The van der Waals surface area contributed by atoms with E-state index in [1.807, 2.05) is 6.92 Å². The number of carbonyl (C=O) groups is 4. The minimum absolute atomic E-state index is 0.0207. The maximum atomic E-state index is 13.2. The number of hydrogen-bond acceptors (Lipinski definition) is 8. The van der Waals surface area contributed by atoms with Crippen LogP contribution in [0.3, 0.4) is 0 Å². The number of carbonyl (C=O) groups excluding carboxylic acids is 3. The van der Waals surface area contributed by atoms with Crippen LogP contribution in [0.5, 0.6) is 0 Å². The maximum absolute atomic E-state index is 13.2. The van der Waals surface area contributed by atoms with Gasteiger partial charge in [0.05, 0.1) is 28.9 Å². The molecule has 186 valence electrons. The van der Waals surface area contributed by atoms with Gasteiger partial charge in [0, 0.05) is 6.54 Å². The lowest BCUT2D eigenvalue weighted by atomic mass is 10.1. The van der Waals surface area contributed by atoms with Gasteiger partial charge in [0.2, 0.25) is 0 Å². The fourth-order valence-corrected chi connectivity index (χ4v) is 4.47. The van der Waals surface area contributed by atoms with Crippen LogP contribution < -0.4 is 10.6 Å². The van der Waals surface area contributed by atoms with Crippen LogP contribution in [-0.4, -0.2) is 55.2 Å². The number of aromatic carboxylic acids is 1. The molecule has 3 N–H and O–H groups in total. The first-order chi connectivity index (χ1) is 17.2. The Morgan fingerprint density at radius 3 is 2.50 bits per heavy atom. The molecule has 0 aliphatic carbocycles. The second-order valence-electron chi connectivity index (χ2n) is 7.53. The highest BCUT2D eigenvalue weighted by atomic mass is 32.1. The van der Waals surface area contributed by atoms with E-state index >= 15 is 0 Å². The van der Waals surface area contributed by atoms with Crippen molar-refractivity contribution in [3.8, 4) is 0 Å². The first kappa shape index (κ1) is 24.6. The van der Waals surface area contributed by atoms with Crippen molar-refractivity contribution in [1.29, 1.82) is 0 Å². The van der Waals surface area contributed by atoms with Crippen LogP contribution in [0.1, 0.15) is 50.1 Å². The molecule has 13 heteroatoms. The number of thiophene rings is 1. The van der Waals surface area contributed by atoms with Gasteiger partial charge in [0.1, 0.15) is 15.4 Å². The van der Waals surface area contributed by atoms with Crippen molar-refractivity contribution < 1.29 is 29.0 Å². The summed E-state index contributed by atoms with van der Waals surface area (Å²) < 4.78 is 7.46. The SMILES string of the molecule is CCOC(=O)n1nc(NC(=O)c2ccccc2NC(=O)c2cc(C)nn2CC)c2cc(C(=O)O)sc21. The molecule has 1 aromatic carbocycles. The molecule has 0 saturated heterocycles. The molecule has 0 bridgehead atoms. The molecule has 4 aromatic rings. The summed E-state index contributed by atoms with van der Waals surface area (Å²) in [5, 5.41) is 23.4. The van der Waals surface area contributed by atoms with E-state index in [0.29, 0.717) is 17.9 Å². The zero-order valence-electron chi connectivity index (χ0n) is 19.6. The van der Waals surface area contributed by atoms with Crippen LogP contribution in [-0.2, 0) is 11.3 Å². The third-order valence-corrected chi connectivity index (χ3v) is 6.20. The zero-order valence-corrected chi connectivity index (χ0v) is 20.4. The summed E-state index contributed by atoms with van der Waals surface area (Å²) in [6.07, 6.45) is -0.808. The molecule has 0 spiro atoms. The van der Waals surface area contributed by atoms with Crippen LogP contribution in [0.25, 0.3) is 10.2 Å². The van der Waals surface area contributed by atoms with Gasteiger partial charge in [0.25, 0.3) is 11.8 Å². The first-order valence-electron chi connectivity index (χ1n) is 10.9. The van der Waals surface area contributed by atoms with Crippen LogP contribution in [0.2, 0.25) is 0 Å². The third kappa shape index (κ3) is 4.68. The number of amides is 2. The Balaban J connectivity index is 1.65. The molecule has 0 fully saturated rings. The number of aryl methyl sites for hydroxylation is 2. The first-order valence-corrected chi connectivity index (χ1v) is 11.7. The van der Waals surface area contributed by atoms with Crippen LogP contribution in [0.15, 0.2) is 36.4 Å². The van der Waals surface area contributed by atoms with Gasteiger partial charge in [-0.05, 0) is 45.0 Å². The highest BCUT2D eigenvalue weighted by molar-refractivity contribution is 7.20. The number of fused-ring (bicyclic) bond motifs is 1. The average Bonchev–Trinajstić information content (AvgIpc) is 3.53. The molecule has 2 amide bonds. The number of benzene rings is 1. The Hall–Kier alpha value is -4.52. The Kier molecular flexibility index (Phi) is 6.83. The minimum atomic E-state index is -1.18. The molecule has 36 heavy (non-hydrogen) atoms. The molecule has 4 rings (SSSR count). The lowest BCUT2D eigenvalue weighted by molar-refractivity contribution is 0.0701. The highest BCUT2D eigenvalue weighted by Crippen LogP contribution is 2.32. The Labute approximate surface area is 208 Å². The second kappa shape index (κ2) is 10.00. The Bertz CT molecular complexity index is 1500. The summed E-state index contributed by atoms with van der Waals surface area (Å²) in [4.78, 5) is 50.1. The molecule has 3 heterocycles. The number of rotatable bonds is 7. The van der Waals surface area contributed by atoms with Crippen molar-refractivity contribution in [3.63, 3.8) is 0 Å². The predicted molar refractivity (Wildman–Crippen MR) is 132 cm³/mol. The summed E-state index contributed by atoms with van der Waals surface area (Å²) in [6, 6.07) is 9.36. The van der Waals surface area contributed by atoms with Gasteiger partial charge in [-0.3, -0.25) is 14.3 Å². The van der Waals surface area contributed by atoms with Gasteiger partial charge < -0.3 is 20.5 Å². The summed E-state index contributed by atoms with van der Waals surface area (Å²) in [6.45, 7) is 5.85. The van der Waals surface area contributed by atoms with Gasteiger partial charge in [-0.1, -0.05) is 12.1 Å². The number of anilines is 2. The molecular formula is C23H22N6O6S. The number of para-hydroxylation sites is 1. The smallest absolute Gasteiger partial charge is 0.436 e. The normalized spacial score (nSPS) is 10.9. The fourth-order valence-electron chi connectivity index (χ4n) is 3.53. The monoisotopic (exact) mass is 510 g/mol. The van der Waals surface area contributed by atoms with Crippen molar-refractivity contribution in [2.24, 2.45) is 0 Å². The van der Waals surface area contributed by atoms with E-state index in [0.717, 1.165) is 16.0 Å². The van der Waals surface area contributed by atoms with E-state index in [-0.39, 0.29) is 38.8 Å². The standard InChI is InChI=1S/C23H22N6O6S/c1-4-28-16(10-12(3)26-28)20(31)24-15-9-7-6-8-13(15)19(30)25-18-14-11-17(22(32)33)36-21(14)29(27-18)23(34)35-5-2/h6-11H,4-5H2,1-3H3,(H,24,31)(H,32,33)(H,25,27,30). The van der Waals surface area contributed by atoms with E-state index in [1.54, 1.807) is 42.8 Å². The van der Waals surface area contributed by atoms with Crippen molar-refractivity contribution in [2.75, 3.05) is 17.2 Å². The lowest BCUT2D eigenvalue weighted by Gasteiger charge is -2.11. The molecule has 0 unspecified atom stereocenters. The largest absolute Gasteiger partial charge is 0.477 e. The van der Waals surface area contributed by atoms with E-state index in [2.05, 4.69) is 20.8 Å². The molecule has 12 nitrogen and oxygen atoms in total. The fraction of sp³-hybridized carbons (Fsp3) is 0.217. The van der Waals surface area contributed by atoms with Gasteiger partial charge in [-0.15, -0.1) is 16.4 Å².